The van der Waals surface area contributed by atoms with E-state index < -0.39 is 27.3 Å². The summed E-state index contributed by atoms with van der Waals surface area (Å²) in [5.41, 5.74) is -0.473. The fourth-order valence-electron chi connectivity index (χ4n) is 2.77. The lowest BCUT2D eigenvalue weighted by molar-refractivity contribution is 0.0693. The predicted molar refractivity (Wildman–Crippen MR) is 86.7 cm³/mol. The van der Waals surface area contributed by atoms with Gasteiger partial charge in [0, 0.05) is 13.0 Å². The Bertz CT molecular complexity index is 907. The number of phenols is 1. The van der Waals surface area contributed by atoms with Crippen molar-refractivity contribution in [3.05, 3.63) is 35.4 Å². The number of carboxylic acids is 1. The molecule has 2 aromatic rings. The van der Waals surface area contributed by atoms with E-state index in [-0.39, 0.29) is 11.4 Å². The van der Waals surface area contributed by atoms with Crippen LogP contribution in [0.2, 0.25) is 0 Å². The van der Waals surface area contributed by atoms with Gasteiger partial charge < -0.3 is 14.8 Å². The van der Waals surface area contributed by atoms with Gasteiger partial charge in [0.2, 0.25) is 10.0 Å². The predicted octanol–water partition coefficient (Wildman–Crippen LogP) is 0.887. The van der Waals surface area contributed by atoms with E-state index in [4.69, 9.17) is 5.11 Å². The second-order valence-corrected chi connectivity index (χ2v) is 7.57. The number of nitrogens with one attached hydrogen (secondary N) is 1. The third-order valence-corrected chi connectivity index (χ3v) is 5.51. The minimum absolute atomic E-state index is 0.0430. The number of carboxylic acid groups (broad SMARTS) is 1. The van der Waals surface area contributed by atoms with Crippen molar-refractivity contribution < 1.29 is 23.4 Å². The van der Waals surface area contributed by atoms with Crippen molar-refractivity contribution in [2.45, 2.75) is 43.7 Å². The van der Waals surface area contributed by atoms with Gasteiger partial charge in [0.25, 0.3) is 0 Å². The highest BCUT2D eigenvalue weighted by Gasteiger charge is 2.21. The zero-order valence-electron chi connectivity index (χ0n) is 13.3. The fourth-order valence-corrected chi connectivity index (χ4v) is 3.78. The van der Waals surface area contributed by atoms with Gasteiger partial charge in [-0.25, -0.2) is 17.9 Å². The fraction of sp³-hybridized carbons (Fsp3) is 0.400. The van der Waals surface area contributed by atoms with Crippen LogP contribution in [0.5, 0.6) is 5.75 Å². The van der Waals surface area contributed by atoms with Crippen LogP contribution in [-0.2, 0) is 29.5 Å². The molecule has 0 unspecified atom stereocenters. The average Bonchev–Trinajstić information content (AvgIpc) is 2.79. The van der Waals surface area contributed by atoms with E-state index >= 15 is 0 Å². The summed E-state index contributed by atoms with van der Waals surface area (Å²) >= 11 is 0. The van der Waals surface area contributed by atoms with Crippen LogP contribution in [0.3, 0.4) is 0 Å². The Kier molecular flexibility index (Phi) is 4.73. The molecule has 1 aromatic heterocycles. The van der Waals surface area contributed by atoms with Crippen molar-refractivity contribution in [1.82, 2.24) is 19.5 Å². The SMILES string of the molecule is O=C(O)c1cc(S(=O)(=O)NCc2nnc3n2CCCCC3)ccc1O. The summed E-state index contributed by atoms with van der Waals surface area (Å²) in [6.07, 6.45) is 3.94. The molecule has 2 heterocycles. The smallest absolute Gasteiger partial charge is 0.339 e. The topological polar surface area (TPSA) is 134 Å². The van der Waals surface area contributed by atoms with Gasteiger partial charge in [-0.05, 0) is 31.0 Å². The van der Waals surface area contributed by atoms with Gasteiger partial charge in [-0.3, -0.25) is 0 Å². The number of aryl methyl sites for hydroxylation is 1. The van der Waals surface area contributed by atoms with Crippen LogP contribution in [0.4, 0.5) is 0 Å². The number of hydrogen-bond acceptors (Lipinski definition) is 6. The highest BCUT2D eigenvalue weighted by molar-refractivity contribution is 7.89. The summed E-state index contributed by atoms with van der Waals surface area (Å²) in [4.78, 5) is 10.8. The summed E-state index contributed by atoms with van der Waals surface area (Å²) < 4.78 is 29.1. The highest BCUT2D eigenvalue weighted by Crippen LogP contribution is 2.21. The third-order valence-electron chi connectivity index (χ3n) is 4.12. The number of carbonyl (C=O) groups is 1. The molecule has 134 valence electrons. The molecule has 3 rings (SSSR count). The van der Waals surface area contributed by atoms with Crippen molar-refractivity contribution in [3.63, 3.8) is 0 Å². The Balaban J connectivity index is 1.80. The first-order valence-electron chi connectivity index (χ1n) is 7.85. The van der Waals surface area contributed by atoms with E-state index in [9.17, 15) is 18.3 Å². The Morgan fingerprint density at radius 2 is 2.04 bits per heavy atom. The number of sulfonamides is 1. The summed E-state index contributed by atoms with van der Waals surface area (Å²) in [7, 11) is -3.95. The standard InChI is InChI=1S/C15H18N4O5S/c20-12-6-5-10(8-11(12)15(21)22)25(23,24)16-9-14-18-17-13-4-2-1-3-7-19(13)14/h5-6,8,16,20H,1-4,7,9H2,(H,21,22). The van der Waals surface area contributed by atoms with E-state index in [0.29, 0.717) is 5.82 Å². The Morgan fingerprint density at radius 1 is 1.24 bits per heavy atom. The summed E-state index contributed by atoms with van der Waals surface area (Å²) in [5, 5.41) is 26.6. The minimum atomic E-state index is -3.95. The summed E-state index contributed by atoms with van der Waals surface area (Å²) in [5.74, 6) is -0.520. The second-order valence-electron chi connectivity index (χ2n) is 5.80. The van der Waals surface area contributed by atoms with Crippen LogP contribution < -0.4 is 4.72 Å². The van der Waals surface area contributed by atoms with Crippen molar-refractivity contribution in [3.8, 4) is 5.75 Å². The van der Waals surface area contributed by atoms with Crippen molar-refractivity contribution >= 4 is 16.0 Å². The third kappa shape index (κ3) is 3.64. The van der Waals surface area contributed by atoms with Gasteiger partial charge in [-0.15, -0.1) is 10.2 Å². The summed E-state index contributed by atoms with van der Waals surface area (Å²) in [6, 6.07) is 3.11. The van der Waals surface area contributed by atoms with Crippen LogP contribution >= 0.6 is 0 Å². The van der Waals surface area contributed by atoms with Gasteiger partial charge in [0.15, 0.2) is 0 Å². The molecule has 0 saturated carbocycles. The first-order chi connectivity index (χ1) is 11.9. The molecule has 0 atom stereocenters. The number of aromatic nitrogens is 3. The molecule has 0 saturated heterocycles. The largest absolute Gasteiger partial charge is 0.507 e. The van der Waals surface area contributed by atoms with Crippen molar-refractivity contribution in [2.75, 3.05) is 0 Å². The Hall–Kier alpha value is -2.46. The van der Waals surface area contributed by atoms with Crippen LogP contribution in [0.15, 0.2) is 23.1 Å². The van der Waals surface area contributed by atoms with Crippen LogP contribution in [0.25, 0.3) is 0 Å². The molecule has 3 N–H and O–H groups in total. The maximum absolute atomic E-state index is 12.4. The lowest BCUT2D eigenvalue weighted by Crippen LogP contribution is -2.25. The highest BCUT2D eigenvalue weighted by atomic mass is 32.2. The number of rotatable bonds is 5. The van der Waals surface area contributed by atoms with Gasteiger partial charge >= 0.3 is 5.97 Å². The van der Waals surface area contributed by atoms with Gasteiger partial charge in [-0.1, -0.05) is 6.42 Å². The number of aromatic carboxylic acids is 1. The van der Waals surface area contributed by atoms with Crippen LogP contribution in [0.1, 0.15) is 41.3 Å². The molecule has 25 heavy (non-hydrogen) atoms. The van der Waals surface area contributed by atoms with E-state index in [0.717, 1.165) is 56.3 Å². The molecule has 1 aliphatic rings. The molecule has 1 aliphatic heterocycles. The first kappa shape index (κ1) is 17.4. The normalized spacial score (nSPS) is 14.7. The maximum atomic E-state index is 12.4. The maximum Gasteiger partial charge on any atom is 0.339 e. The molecule has 10 heteroatoms. The molecule has 0 bridgehead atoms. The van der Waals surface area contributed by atoms with Gasteiger partial charge in [0.1, 0.15) is 23.0 Å². The molecule has 0 spiro atoms. The second kappa shape index (κ2) is 6.81. The number of benzene rings is 1. The molecular formula is C15H18N4O5S. The Labute approximate surface area is 144 Å². The molecule has 0 aliphatic carbocycles. The number of aromatic hydroxyl groups is 1. The number of nitrogens with zero attached hydrogens (tertiary/aromatic N) is 3. The molecular weight excluding hydrogens is 348 g/mol. The zero-order valence-corrected chi connectivity index (χ0v) is 14.2. The average molecular weight is 366 g/mol. The van der Waals surface area contributed by atoms with E-state index in [1.54, 1.807) is 0 Å². The minimum Gasteiger partial charge on any atom is -0.507 e. The zero-order chi connectivity index (χ0) is 18.0. The molecule has 0 radical (unpaired) electrons. The Morgan fingerprint density at radius 3 is 2.80 bits per heavy atom. The van der Waals surface area contributed by atoms with E-state index in [2.05, 4.69) is 14.9 Å². The van der Waals surface area contributed by atoms with Crippen LogP contribution in [0, 0.1) is 0 Å². The molecule has 1 aromatic carbocycles. The molecule has 0 amide bonds. The summed E-state index contributed by atoms with van der Waals surface area (Å²) in [6.45, 7) is 0.709. The first-order valence-corrected chi connectivity index (χ1v) is 9.34. The lowest BCUT2D eigenvalue weighted by atomic mass is 10.2. The number of fused-ring (bicyclic) bond motifs is 1. The lowest BCUT2D eigenvalue weighted by Gasteiger charge is -2.10. The van der Waals surface area contributed by atoms with E-state index in [1.807, 2.05) is 4.57 Å². The monoisotopic (exact) mass is 366 g/mol. The van der Waals surface area contributed by atoms with Crippen LogP contribution in [-0.4, -0.2) is 39.4 Å². The molecule has 0 fully saturated rings. The van der Waals surface area contributed by atoms with Gasteiger partial charge in [-0.2, -0.15) is 0 Å². The van der Waals surface area contributed by atoms with Crippen molar-refractivity contribution in [2.24, 2.45) is 0 Å². The van der Waals surface area contributed by atoms with E-state index in [1.165, 1.54) is 0 Å². The van der Waals surface area contributed by atoms with Crippen molar-refractivity contribution in [1.29, 1.82) is 0 Å². The van der Waals surface area contributed by atoms with Gasteiger partial charge in [0.05, 0.1) is 11.4 Å². The quantitative estimate of drug-likeness (QED) is 0.715. The number of hydrogen-bond donors (Lipinski definition) is 3. The molecule has 9 nitrogen and oxygen atoms in total.